The van der Waals surface area contributed by atoms with Crippen LogP contribution >= 0.6 is 24.1 Å². The molecule has 0 radical (unpaired) electrons. The zero-order valence-electron chi connectivity index (χ0n) is 27.3. The van der Waals surface area contributed by atoms with Crippen molar-refractivity contribution in [2.75, 3.05) is 0 Å². The van der Waals surface area contributed by atoms with Crippen LogP contribution in [0.5, 0.6) is 0 Å². The Kier molecular flexibility index (Phi) is 8.80. The largest absolute Gasteiger partial charge is 0.324 e. The summed E-state index contributed by atoms with van der Waals surface area (Å²) in [6.45, 7) is 0. The molecule has 6 N–H and O–H groups in total. The van der Waals surface area contributed by atoms with E-state index < -0.39 is 30.0 Å². The van der Waals surface area contributed by atoms with Crippen molar-refractivity contribution < 1.29 is 55.2 Å². The van der Waals surface area contributed by atoms with Crippen LogP contribution in [-0.4, -0.2) is 76.3 Å². The van der Waals surface area contributed by atoms with Crippen molar-refractivity contribution in [2.45, 2.75) is 19.6 Å². The molecule has 0 amide bonds. The van der Waals surface area contributed by atoms with E-state index in [1.54, 1.807) is 36.4 Å². The summed E-state index contributed by atoms with van der Waals surface area (Å²) in [5.41, 5.74) is 2.18. The highest BCUT2D eigenvalue weighted by Gasteiger charge is 2.25. The Morgan fingerprint density at radius 2 is 0.875 bits per heavy atom. The minimum Gasteiger partial charge on any atom is -0.324 e. The second-order valence-electron chi connectivity index (χ2n) is 11.8. The number of aromatic nitrogens is 8. The van der Waals surface area contributed by atoms with Gasteiger partial charge in [-0.15, -0.1) is 8.67 Å². The van der Waals surface area contributed by atoms with E-state index in [1.807, 2.05) is 0 Å². The summed E-state index contributed by atoms with van der Waals surface area (Å²) in [7, 11) is -9.33. The van der Waals surface area contributed by atoms with Crippen molar-refractivity contribution in [2.24, 2.45) is 0 Å². The second kappa shape index (κ2) is 13.6. The number of aromatic amines is 2. The molecule has 4 aromatic carbocycles. The molecule has 3 aromatic heterocycles. The van der Waals surface area contributed by atoms with Crippen LogP contribution in [0.4, 0.5) is 0 Å². The predicted octanol–water partition coefficient (Wildman–Crippen LogP) is 6.22. The lowest BCUT2D eigenvalue weighted by molar-refractivity contribution is -0.432. The Labute approximate surface area is 320 Å². The van der Waals surface area contributed by atoms with Crippen LogP contribution in [0.25, 0.3) is 89.7 Å². The minimum absolute atomic E-state index is 0.0146. The molecule has 0 spiro atoms. The van der Waals surface area contributed by atoms with Crippen LogP contribution in [0.3, 0.4) is 0 Å². The van der Waals surface area contributed by atoms with Gasteiger partial charge in [-0.1, -0.05) is 10.1 Å². The third-order valence-corrected chi connectivity index (χ3v) is 11.5. The molecule has 0 fully saturated rings. The molecule has 24 heteroatoms. The summed E-state index contributed by atoms with van der Waals surface area (Å²) < 4.78 is 78.0. The fourth-order valence-corrected chi connectivity index (χ4v) is 8.05. The van der Waals surface area contributed by atoms with Crippen LogP contribution in [0.1, 0.15) is 0 Å². The molecule has 5 heterocycles. The van der Waals surface area contributed by atoms with E-state index in [1.165, 1.54) is 36.4 Å². The number of benzene rings is 4. The summed E-state index contributed by atoms with van der Waals surface area (Å²) >= 11 is 1.42. The molecule has 9 rings (SSSR count). The van der Waals surface area contributed by atoms with E-state index in [-0.39, 0.29) is 56.8 Å². The van der Waals surface area contributed by atoms with Crippen LogP contribution in [0, 0.1) is 0 Å². The molecule has 7 aromatic rings. The number of nitrogens with one attached hydrogen (secondary N) is 2. The molecule has 0 unspecified atom stereocenters. The first-order chi connectivity index (χ1) is 26.9. The lowest BCUT2D eigenvalue weighted by atomic mass is 10.1. The molecule has 0 atom stereocenters. The highest BCUT2D eigenvalue weighted by molar-refractivity contribution is 7.94. The average Bonchev–Trinajstić information content (AvgIpc) is 3.90. The molecule has 282 valence electrons. The Balaban J connectivity index is 1.44. The van der Waals surface area contributed by atoms with Gasteiger partial charge in [0, 0.05) is 53.6 Å². The number of H-pyrrole nitrogens is 2. The maximum Gasteiger partial charge on any atom is 0.294 e. The highest BCUT2D eigenvalue weighted by atomic mass is 32.2. The van der Waals surface area contributed by atoms with E-state index in [9.17, 15) is 25.9 Å². The maximum atomic E-state index is 12.2. The quantitative estimate of drug-likeness (QED) is 0.0428. The number of rotatable bonds is 8. The number of fused-ring (bicyclic) bond motifs is 20. The zero-order chi connectivity index (χ0) is 38.9. The smallest absolute Gasteiger partial charge is 0.294 e. The van der Waals surface area contributed by atoms with Crippen LogP contribution in [0.15, 0.2) is 92.4 Å². The van der Waals surface area contributed by atoms with Crippen LogP contribution < -0.4 is 0 Å². The summed E-state index contributed by atoms with van der Waals surface area (Å²) in [6, 6.07) is 17.6. The molecule has 0 aliphatic carbocycles. The molecule has 2 aliphatic rings. The monoisotopic (exact) mass is 834 g/mol. The number of nitrogens with zero attached hydrogens (tertiary/aromatic N) is 6. The van der Waals surface area contributed by atoms with E-state index >= 15 is 0 Å². The van der Waals surface area contributed by atoms with Gasteiger partial charge in [-0.3, -0.25) is 9.11 Å². The van der Waals surface area contributed by atoms with Gasteiger partial charge in [-0.2, -0.15) is 16.8 Å². The Morgan fingerprint density at radius 3 is 1.43 bits per heavy atom. The molecular weight excluding hydrogens is 817 g/mol. The molecule has 0 saturated carbocycles. The number of hydrogen-bond donors (Lipinski definition) is 6. The summed E-state index contributed by atoms with van der Waals surface area (Å²) in [4.78, 5) is 35.0. The molecule has 20 nitrogen and oxygen atoms in total. The van der Waals surface area contributed by atoms with E-state index in [0.29, 0.717) is 66.7 Å². The summed E-state index contributed by atoms with van der Waals surface area (Å²) in [5.74, 6) is 0.344. The van der Waals surface area contributed by atoms with Gasteiger partial charge in [0.2, 0.25) is 0 Å². The number of hydrogen-bond acceptors (Lipinski definition) is 18. The lowest BCUT2D eigenvalue weighted by Crippen LogP contribution is -1.98. The molecule has 8 bridgehead atoms. The Hall–Kier alpha value is -5.48. The van der Waals surface area contributed by atoms with Gasteiger partial charge in [0.15, 0.2) is 23.3 Å². The van der Waals surface area contributed by atoms with Gasteiger partial charge in [0.1, 0.15) is 22.6 Å². The van der Waals surface area contributed by atoms with E-state index in [0.717, 1.165) is 0 Å². The van der Waals surface area contributed by atoms with E-state index in [2.05, 4.69) is 33.7 Å². The van der Waals surface area contributed by atoms with Crippen molar-refractivity contribution in [1.82, 2.24) is 39.9 Å². The Morgan fingerprint density at radius 1 is 0.464 bits per heavy atom. The SMILES string of the molecule is O=S(=O)(O)c1ccc2c(c1)-c1nc-2nc2[nH]c(nc3nc(nc4[nH]c(n1)c1ccc(SOOO)cc41)-c1ccc(SOOO)cc1-3)c1ccc(S(=O)(=O)O)cc21. The van der Waals surface area contributed by atoms with Gasteiger partial charge in [0.05, 0.1) is 33.9 Å². The van der Waals surface area contributed by atoms with Gasteiger partial charge < -0.3 is 9.97 Å². The van der Waals surface area contributed by atoms with Crippen molar-refractivity contribution >= 4 is 88.5 Å². The van der Waals surface area contributed by atoms with Crippen molar-refractivity contribution in [3.05, 3.63) is 72.8 Å². The van der Waals surface area contributed by atoms with Gasteiger partial charge in [-0.05, 0) is 72.8 Å². The molecule has 56 heavy (non-hydrogen) atoms. The third kappa shape index (κ3) is 6.43. The molecule has 2 aliphatic heterocycles. The normalized spacial score (nSPS) is 12.6. The first kappa shape index (κ1) is 36.2. The standard InChI is InChI=1S/C32H18N8O12S4/c41-49-51-53-13-1-5-17-21(9-13)30-34-25(17)33-29-22-10-14(54-52-50-42)2-6-18(22)26(35-29)37-31-24-12-16(56(46,47)48)4-8-20(24)28(39-31)40-32-23-11-15(55(43,44)45)3-7-19(23)27(36-30)38-32/h1-12,41-42H,(H,43,44,45)(H,46,47,48)(H2,33,34,35,36,37,38,39,40). The minimum atomic E-state index is -4.67. The van der Waals surface area contributed by atoms with Crippen LogP contribution in [-0.2, 0) is 39.0 Å². The van der Waals surface area contributed by atoms with E-state index in [4.69, 9.17) is 35.4 Å². The van der Waals surface area contributed by atoms with Crippen molar-refractivity contribution in [1.29, 1.82) is 0 Å². The molecular formula is C32H18N8O12S4. The van der Waals surface area contributed by atoms with Crippen LogP contribution in [0.2, 0.25) is 0 Å². The van der Waals surface area contributed by atoms with Gasteiger partial charge in [-0.25, -0.2) is 40.4 Å². The third-order valence-electron chi connectivity index (χ3n) is 8.63. The Bertz CT molecular complexity index is 3220. The molecule has 0 saturated heterocycles. The first-order valence-corrected chi connectivity index (χ1v) is 19.9. The average molecular weight is 835 g/mol. The maximum absolute atomic E-state index is 12.2. The fraction of sp³-hybridized carbons (Fsp3) is 0. The van der Waals surface area contributed by atoms with Crippen molar-refractivity contribution in [3.8, 4) is 45.6 Å². The summed E-state index contributed by atoms with van der Waals surface area (Å²) in [6.07, 6.45) is 0. The highest BCUT2D eigenvalue weighted by Crippen LogP contribution is 2.40. The van der Waals surface area contributed by atoms with Gasteiger partial charge >= 0.3 is 0 Å². The zero-order valence-corrected chi connectivity index (χ0v) is 30.6. The van der Waals surface area contributed by atoms with Crippen molar-refractivity contribution in [3.63, 3.8) is 0 Å². The van der Waals surface area contributed by atoms with Gasteiger partial charge in [0.25, 0.3) is 20.2 Å². The second-order valence-corrected chi connectivity index (χ2v) is 16.2. The lowest BCUT2D eigenvalue weighted by Gasteiger charge is -2.02. The fourth-order valence-electron chi connectivity index (χ4n) is 6.24. The first-order valence-electron chi connectivity index (χ1n) is 15.5. The summed E-state index contributed by atoms with van der Waals surface area (Å²) in [5, 5.41) is 26.6. The topological polar surface area (TPSA) is 295 Å². The predicted molar refractivity (Wildman–Crippen MR) is 197 cm³/mol.